The number of aromatic amines is 1. The summed E-state index contributed by atoms with van der Waals surface area (Å²) in [5.74, 6) is -0.963. The van der Waals surface area contributed by atoms with Crippen molar-refractivity contribution in [3.8, 4) is 17.1 Å². The van der Waals surface area contributed by atoms with Crippen molar-refractivity contribution >= 4 is 11.8 Å². The topological polar surface area (TPSA) is 114 Å². The van der Waals surface area contributed by atoms with Gasteiger partial charge in [-0.25, -0.2) is 9.37 Å². The highest BCUT2D eigenvalue weighted by atomic mass is 19.1. The Balaban J connectivity index is 1.58. The Labute approximate surface area is 154 Å². The molecule has 2 aromatic rings. The van der Waals surface area contributed by atoms with E-state index in [4.69, 9.17) is 10.5 Å². The van der Waals surface area contributed by atoms with Gasteiger partial charge in [0.15, 0.2) is 5.82 Å². The molecule has 0 saturated carbocycles. The quantitative estimate of drug-likeness (QED) is 0.843. The number of carbonyl (C=O) groups is 2. The molecule has 2 amide bonds. The molecular weight excluding hydrogens is 353 g/mol. The number of fused-ring (bicyclic) bond motifs is 2. The first-order valence-corrected chi connectivity index (χ1v) is 8.85. The minimum absolute atomic E-state index is 0.00162. The lowest BCUT2D eigenvalue weighted by Crippen LogP contribution is -2.49. The standard InChI is InChI=1S/C18H20FN5O3/c1-27-16-6-12(13(19)8-21-16)14-7-15(23-22-14)18(26)24-10-2-3-11(24)5-9(4-10)17(20)25/h6-11H,2-5H2,1H3,(H2,20,25)(H,22,23)/t9?,10-,11+. The van der Waals surface area contributed by atoms with Crippen LogP contribution in [0.25, 0.3) is 11.3 Å². The summed E-state index contributed by atoms with van der Waals surface area (Å²) >= 11 is 0. The van der Waals surface area contributed by atoms with Crippen molar-refractivity contribution in [2.24, 2.45) is 11.7 Å². The summed E-state index contributed by atoms with van der Waals surface area (Å²) in [6.07, 6.45) is 3.96. The van der Waals surface area contributed by atoms with Gasteiger partial charge in [0, 0.05) is 29.6 Å². The molecule has 8 nitrogen and oxygen atoms in total. The monoisotopic (exact) mass is 373 g/mol. The minimum Gasteiger partial charge on any atom is -0.481 e. The Kier molecular flexibility index (Phi) is 4.29. The van der Waals surface area contributed by atoms with Gasteiger partial charge in [-0.15, -0.1) is 0 Å². The third-order valence-corrected chi connectivity index (χ3v) is 5.49. The highest BCUT2D eigenvalue weighted by molar-refractivity contribution is 5.94. The zero-order valence-corrected chi connectivity index (χ0v) is 14.8. The predicted octanol–water partition coefficient (Wildman–Crippen LogP) is 1.49. The van der Waals surface area contributed by atoms with Crippen LogP contribution in [0.2, 0.25) is 0 Å². The van der Waals surface area contributed by atoms with Crippen LogP contribution in [0, 0.1) is 11.7 Å². The number of nitrogens with one attached hydrogen (secondary N) is 1. The normalized spacial score (nSPS) is 24.1. The Bertz CT molecular complexity index is 885. The summed E-state index contributed by atoms with van der Waals surface area (Å²) in [6, 6.07) is 2.96. The van der Waals surface area contributed by atoms with Gasteiger partial charge in [-0.3, -0.25) is 14.7 Å². The summed E-state index contributed by atoms with van der Waals surface area (Å²) in [7, 11) is 1.44. The second kappa shape index (κ2) is 6.64. The minimum atomic E-state index is -0.552. The zero-order chi connectivity index (χ0) is 19.1. The van der Waals surface area contributed by atoms with Crippen LogP contribution in [0.3, 0.4) is 0 Å². The number of methoxy groups -OCH3 is 1. The van der Waals surface area contributed by atoms with E-state index in [1.807, 2.05) is 4.90 Å². The van der Waals surface area contributed by atoms with E-state index < -0.39 is 5.82 Å². The molecule has 2 aliphatic heterocycles. The van der Waals surface area contributed by atoms with Crippen LogP contribution in [0.15, 0.2) is 18.3 Å². The van der Waals surface area contributed by atoms with Crippen LogP contribution in [0.5, 0.6) is 5.88 Å². The number of nitrogens with two attached hydrogens (primary N) is 1. The molecule has 2 bridgehead atoms. The summed E-state index contributed by atoms with van der Waals surface area (Å²) in [5.41, 5.74) is 6.24. The first kappa shape index (κ1) is 17.4. The molecule has 0 aromatic carbocycles. The summed E-state index contributed by atoms with van der Waals surface area (Å²) < 4.78 is 19.1. The number of piperidine rings is 1. The Morgan fingerprint density at radius 1 is 1.30 bits per heavy atom. The molecule has 0 spiro atoms. The first-order chi connectivity index (χ1) is 13.0. The van der Waals surface area contributed by atoms with E-state index in [2.05, 4.69) is 15.2 Å². The molecule has 27 heavy (non-hydrogen) atoms. The number of pyridine rings is 1. The average Bonchev–Trinajstić information content (AvgIpc) is 3.24. The van der Waals surface area contributed by atoms with Crippen LogP contribution < -0.4 is 10.5 Å². The molecule has 2 fully saturated rings. The number of rotatable bonds is 4. The molecule has 4 heterocycles. The van der Waals surface area contributed by atoms with Gasteiger partial charge in [-0.2, -0.15) is 5.10 Å². The van der Waals surface area contributed by atoms with E-state index in [1.165, 1.54) is 19.2 Å². The maximum atomic E-state index is 14.1. The van der Waals surface area contributed by atoms with E-state index >= 15 is 0 Å². The van der Waals surface area contributed by atoms with Crippen LogP contribution in [0.4, 0.5) is 4.39 Å². The summed E-state index contributed by atoms with van der Waals surface area (Å²) in [5, 5.41) is 6.79. The maximum Gasteiger partial charge on any atom is 0.272 e. The van der Waals surface area contributed by atoms with Gasteiger partial charge < -0.3 is 15.4 Å². The molecule has 4 rings (SSSR count). The van der Waals surface area contributed by atoms with Gasteiger partial charge in [0.05, 0.1) is 19.0 Å². The van der Waals surface area contributed by atoms with Crippen LogP contribution >= 0.6 is 0 Å². The summed E-state index contributed by atoms with van der Waals surface area (Å²) in [6.45, 7) is 0. The zero-order valence-electron chi connectivity index (χ0n) is 14.8. The van der Waals surface area contributed by atoms with E-state index in [9.17, 15) is 14.0 Å². The molecule has 2 saturated heterocycles. The van der Waals surface area contributed by atoms with Crippen LogP contribution in [-0.2, 0) is 4.79 Å². The maximum absolute atomic E-state index is 14.1. The van der Waals surface area contributed by atoms with Gasteiger partial charge in [0.25, 0.3) is 5.91 Å². The fraction of sp³-hybridized carbons (Fsp3) is 0.444. The first-order valence-electron chi connectivity index (χ1n) is 8.85. The largest absolute Gasteiger partial charge is 0.481 e. The van der Waals surface area contributed by atoms with Crippen LogP contribution in [-0.4, -0.2) is 51.1 Å². The van der Waals surface area contributed by atoms with Gasteiger partial charge in [0.1, 0.15) is 5.69 Å². The number of H-pyrrole nitrogens is 1. The van der Waals surface area contributed by atoms with E-state index in [-0.39, 0.29) is 47.0 Å². The van der Waals surface area contributed by atoms with Crippen LogP contribution in [0.1, 0.15) is 36.2 Å². The lowest BCUT2D eigenvalue weighted by atomic mass is 9.90. The number of carbonyl (C=O) groups excluding carboxylic acids is 2. The highest BCUT2D eigenvalue weighted by Gasteiger charge is 2.45. The number of amides is 2. The number of aromatic nitrogens is 3. The molecule has 0 aliphatic carbocycles. The fourth-order valence-corrected chi connectivity index (χ4v) is 4.18. The van der Waals surface area contributed by atoms with Crippen molar-refractivity contribution in [2.45, 2.75) is 37.8 Å². The second-order valence-electron chi connectivity index (χ2n) is 7.04. The molecule has 1 unspecified atom stereocenters. The molecule has 0 radical (unpaired) electrons. The lowest BCUT2D eigenvalue weighted by molar-refractivity contribution is -0.123. The van der Waals surface area contributed by atoms with E-state index in [0.717, 1.165) is 19.0 Å². The van der Waals surface area contributed by atoms with Gasteiger partial charge in [-0.05, 0) is 31.7 Å². The van der Waals surface area contributed by atoms with Gasteiger partial charge in [-0.1, -0.05) is 0 Å². The van der Waals surface area contributed by atoms with E-state index in [1.54, 1.807) is 0 Å². The van der Waals surface area contributed by atoms with Crippen molar-refractivity contribution < 1.29 is 18.7 Å². The second-order valence-corrected chi connectivity index (χ2v) is 7.04. The summed E-state index contributed by atoms with van der Waals surface area (Å²) in [4.78, 5) is 30.1. The van der Waals surface area contributed by atoms with Gasteiger partial charge in [0.2, 0.25) is 11.8 Å². The number of nitrogens with zero attached hydrogens (tertiary/aromatic N) is 3. The van der Waals surface area contributed by atoms with Crippen molar-refractivity contribution in [1.29, 1.82) is 0 Å². The Hall–Kier alpha value is -2.97. The number of halogens is 1. The number of hydrogen-bond donors (Lipinski definition) is 2. The molecule has 3 N–H and O–H groups in total. The SMILES string of the molecule is COc1cc(-c2cc(C(=O)N3[C@@H]4CC[C@H]3CC(C(N)=O)C4)[nH]n2)c(F)cn1. The predicted molar refractivity (Wildman–Crippen MR) is 93.2 cm³/mol. The smallest absolute Gasteiger partial charge is 0.272 e. The fourth-order valence-electron chi connectivity index (χ4n) is 4.18. The lowest BCUT2D eigenvalue weighted by Gasteiger charge is -2.37. The Morgan fingerprint density at radius 2 is 2.00 bits per heavy atom. The molecule has 2 aliphatic rings. The molecule has 9 heteroatoms. The molecule has 2 aromatic heterocycles. The van der Waals surface area contributed by atoms with Crippen molar-refractivity contribution in [3.05, 3.63) is 29.8 Å². The third-order valence-electron chi connectivity index (χ3n) is 5.49. The average molecular weight is 373 g/mol. The number of primary amides is 1. The molecule has 3 atom stereocenters. The number of hydrogen-bond acceptors (Lipinski definition) is 5. The van der Waals surface area contributed by atoms with Gasteiger partial charge >= 0.3 is 0 Å². The van der Waals surface area contributed by atoms with Crippen molar-refractivity contribution in [1.82, 2.24) is 20.1 Å². The third kappa shape index (κ3) is 3.02. The highest BCUT2D eigenvalue weighted by Crippen LogP contribution is 2.39. The van der Waals surface area contributed by atoms with Crippen molar-refractivity contribution in [3.63, 3.8) is 0 Å². The van der Waals surface area contributed by atoms with E-state index in [0.29, 0.717) is 18.5 Å². The molecular formula is C18H20FN5O3. The molecule has 142 valence electrons. The number of ether oxygens (including phenoxy) is 1. The van der Waals surface area contributed by atoms with Crippen molar-refractivity contribution in [2.75, 3.05) is 7.11 Å². The Morgan fingerprint density at radius 3 is 2.63 bits per heavy atom.